The highest BCUT2D eigenvalue weighted by atomic mass is 19.1. The average molecular weight is 269 g/mol. The number of nitrogen functional groups attached to an aromatic ring is 1. The zero-order chi connectivity index (χ0) is 14.0. The van der Waals surface area contributed by atoms with Gasteiger partial charge in [0.15, 0.2) is 5.82 Å². The molecule has 1 atom stereocenters. The summed E-state index contributed by atoms with van der Waals surface area (Å²) in [4.78, 5) is 14.0. The van der Waals surface area contributed by atoms with Gasteiger partial charge in [0.1, 0.15) is 11.4 Å². The monoisotopic (exact) mass is 269 g/mol. The van der Waals surface area contributed by atoms with Gasteiger partial charge in [-0.25, -0.2) is 8.78 Å². The lowest BCUT2D eigenvalue weighted by atomic mass is 10.1. The number of benzene rings is 1. The van der Waals surface area contributed by atoms with Crippen LogP contribution in [0.3, 0.4) is 0 Å². The Hall–Kier alpha value is -1.69. The Labute approximate surface area is 110 Å². The molecule has 104 valence electrons. The molecule has 1 fully saturated rings. The molecule has 0 saturated carbocycles. The molecule has 0 aromatic heterocycles. The van der Waals surface area contributed by atoms with Crippen LogP contribution in [-0.2, 0) is 0 Å². The maximum Gasteiger partial charge on any atom is 0.257 e. The Morgan fingerprint density at radius 3 is 2.89 bits per heavy atom. The van der Waals surface area contributed by atoms with Crippen LogP contribution in [0.25, 0.3) is 0 Å². The SMILES string of the molecule is CN1CCCC1CNC(=O)c1c(F)ccc(N)c1F. The zero-order valence-corrected chi connectivity index (χ0v) is 10.7. The summed E-state index contributed by atoms with van der Waals surface area (Å²) in [5.74, 6) is -2.66. The highest BCUT2D eigenvalue weighted by Gasteiger charge is 2.24. The van der Waals surface area contributed by atoms with E-state index in [1.54, 1.807) is 0 Å². The van der Waals surface area contributed by atoms with Crippen molar-refractivity contribution in [2.24, 2.45) is 0 Å². The smallest absolute Gasteiger partial charge is 0.257 e. The number of amides is 1. The van der Waals surface area contributed by atoms with E-state index in [-0.39, 0.29) is 11.7 Å². The fourth-order valence-electron chi connectivity index (χ4n) is 2.31. The van der Waals surface area contributed by atoms with Crippen LogP contribution < -0.4 is 11.1 Å². The number of carbonyl (C=O) groups is 1. The molecule has 1 aromatic rings. The largest absolute Gasteiger partial charge is 0.396 e. The van der Waals surface area contributed by atoms with E-state index in [1.807, 2.05) is 7.05 Å². The summed E-state index contributed by atoms with van der Waals surface area (Å²) < 4.78 is 27.1. The molecule has 1 aromatic carbocycles. The number of halogens is 2. The van der Waals surface area contributed by atoms with Gasteiger partial charge in [-0.05, 0) is 38.6 Å². The molecule has 0 bridgehead atoms. The lowest BCUT2D eigenvalue weighted by Gasteiger charge is -2.19. The lowest BCUT2D eigenvalue weighted by molar-refractivity contribution is 0.0935. The third-order valence-electron chi connectivity index (χ3n) is 3.52. The minimum absolute atomic E-state index is 0.219. The van der Waals surface area contributed by atoms with Gasteiger partial charge in [0.2, 0.25) is 0 Å². The summed E-state index contributed by atoms with van der Waals surface area (Å²) in [7, 11) is 1.96. The lowest BCUT2D eigenvalue weighted by Crippen LogP contribution is -2.38. The molecule has 3 N–H and O–H groups in total. The van der Waals surface area contributed by atoms with E-state index in [1.165, 1.54) is 0 Å². The summed E-state index contributed by atoms with van der Waals surface area (Å²) in [6.45, 7) is 1.35. The fourth-order valence-corrected chi connectivity index (χ4v) is 2.31. The van der Waals surface area contributed by atoms with Gasteiger partial charge in [0.05, 0.1) is 5.69 Å². The molecule has 0 aliphatic carbocycles. The van der Waals surface area contributed by atoms with Crippen molar-refractivity contribution in [2.45, 2.75) is 18.9 Å². The number of carbonyl (C=O) groups excluding carboxylic acids is 1. The summed E-state index contributed by atoms with van der Waals surface area (Å²) in [6.07, 6.45) is 2.04. The minimum atomic E-state index is -1.00. The Bertz CT molecular complexity index is 493. The van der Waals surface area contributed by atoms with E-state index in [4.69, 9.17) is 5.73 Å². The molecule has 2 rings (SSSR count). The molecule has 0 radical (unpaired) electrons. The van der Waals surface area contributed by atoms with Gasteiger partial charge in [-0.15, -0.1) is 0 Å². The van der Waals surface area contributed by atoms with E-state index in [2.05, 4.69) is 10.2 Å². The van der Waals surface area contributed by atoms with E-state index < -0.39 is 23.1 Å². The normalized spacial score (nSPS) is 19.6. The van der Waals surface area contributed by atoms with Crippen LogP contribution >= 0.6 is 0 Å². The summed E-state index contributed by atoms with van der Waals surface area (Å²) in [6, 6.07) is 2.32. The van der Waals surface area contributed by atoms with Crippen LogP contribution in [0.4, 0.5) is 14.5 Å². The second-order valence-corrected chi connectivity index (χ2v) is 4.81. The van der Waals surface area contributed by atoms with Crippen molar-refractivity contribution in [2.75, 3.05) is 25.9 Å². The van der Waals surface area contributed by atoms with E-state index in [0.29, 0.717) is 6.54 Å². The number of likely N-dealkylation sites (N-methyl/N-ethyl adjacent to an activating group) is 1. The quantitative estimate of drug-likeness (QED) is 0.815. The Morgan fingerprint density at radius 2 is 2.26 bits per heavy atom. The number of nitrogens with zero attached hydrogens (tertiary/aromatic N) is 1. The van der Waals surface area contributed by atoms with Crippen LogP contribution in [0.5, 0.6) is 0 Å². The Kier molecular flexibility index (Phi) is 3.99. The number of rotatable bonds is 3. The first-order chi connectivity index (χ1) is 9.00. The van der Waals surface area contributed by atoms with Gasteiger partial charge >= 0.3 is 0 Å². The number of hydrogen-bond acceptors (Lipinski definition) is 3. The number of hydrogen-bond donors (Lipinski definition) is 2. The Morgan fingerprint density at radius 1 is 1.53 bits per heavy atom. The van der Waals surface area contributed by atoms with Crippen LogP contribution in [0.2, 0.25) is 0 Å². The van der Waals surface area contributed by atoms with Crippen molar-refractivity contribution in [1.29, 1.82) is 0 Å². The molecule has 4 nitrogen and oxygen atoms in total. The van der Waals surface area contributed by atoms with Crippen LogP contribution in [0, 0.1) is 11.6 Å². The summed E-state index contributed by atoms with van der Waals surface area (Å²) in [5, 5.41) is 2.56. The first-order valence-electron chi connectivity index (χ1n) is 6.22. The second kappa shape index (κ2) is 5.52. The average Bonchev–Trinajstić information content (AvgIpc) is 2.77. The molecule has 1 saturated heterocycles. The second-order valence-electron chi connectivity index (χ2n) is 4.81. The van der Waals surface area contributed by atoms with Crippen molar-refractivity contribution in [1.82, 2.24) is 10.2 Å². The minimum Gasteiger partial charge on any atom is -0.396 e. The predicted octanol–water partition coefficient (Wildman–Crippen LogP) is 1.37. The Balaban J connectivity index is 2.06. The van der Waals surface area contributed by atoms with Gasteiger partial charge < -0.3 is 16.0 Å². The molecule has 1 unspecified atom stereocenters. The number of nitrogens with one attached hydrogen (secondary N) is 1. The predicted molar refractivity (Wildman–Crippen MR) is 68.8 cm³/mol. The van der Waals surface area contributed by atoms with Crippen molar-refractivity contribution >= 4 is 11.6 Å². The summed E-state index contributed by atoms with van der Waals surface area (Å²) >= 11 is 0. The third-order valence-corrected chi connectivity index (χ3v) is 3.52. The molecule has 1 heterocycles. The van der Waals surface area contributed by atoms with Crippen LogP contribution in [0.15, 0.2) is 12.1 Å². The molecule has 19 heavy (non-hydrogen) atoms. The van der Waals surface area contributed by atoms with Crippen molar-refractivity contribution < 1.29 is 13.6 Å². The van der Waals surface area contributed by atoms with Gasteiger partial charge in [0, 0.05) is 12.6 Å². The number of anilines is 1. The standard InChI is InChI=1S/C13H17F2N3O/c1-18-6-2-3-8(18)7-17-13(19)11-9(14)4-5-10(16)12(11)15/h4-5,8H,2-3,6-7,16H2,1H3,(H,17,19). The molecule has 1 amide bonds. The zero-order valence-electron chi connectivity index (χ0n) is 10.7. The van der Waals surface area contributed by atoms with Gasteiger partial charge in [-0.2, -0.15) is 0 Å². The van der Waals surface area contributed by atoms with E-state index in [9.17, 15) is 13.6 Å². The fraction of sp³-hybridized carbons (Fsp3) is 0.462. The number of likely N-dealkylation sites (tertiary alicyclic amines) is 1. The van der Waals surface area contributed by atoms with Gasteiger partial charge in [0.25, 0.3) is 5.91 Å². The number of nitrogens with two attached hydrogens (primary N) is 1. The molecular weight excluding hydrogens is 252 g/mol. The first kappa shape index (κ1) is 13.7. The van der Waals surface area contributed by atoms with Crippen LogP contribution in [-0.4, -0.2) is 37.0 Å². The van der Waals surface area contributed by atoms with Crippen molar-refractivity contribution in [3.8, 4) is 0 Å². The van der Waals surface area contributed by atoms with E-state index in [0.717, 1.165) is 31.5 Å². The van der Waals surface area contributed by atoms with Crippen LogP contribution in [0.1, 0.15) is 23.2 Å². The molecular formula is C13H17F2N3O. The van der Waals surface area contributed by atoms with Gasteiger partial charge in [-0.1, -0.05) is 0 Å². The molecule has 1 aliphatic heterocycles. The van der Waals surface area contributed by atoms with E-state index >= 15 is 0 Å². The van der Waals surface area contributed by atoms with Crippen molar-refractivity contribution in [3.63, 3.8) is 0 Å². The highest BCUT2D eigenvalue weighted by molar-refractivity contribution is 5.95. The molecule has 1 aliphatic rings. The van der Waals surface area contributed by atoms with Gasteiger partial charge in [-0.3, -0.25) is 4.79 Å². The maximum atomic E-state index is 13.7. The summed E-state index contributed by atoms with van der Waals surface area (Å²) in [5.41, 5.74) is 4.50. The maximum absolute atomic E-state index is 13.7. The first-order valence-corrected chi connectivity index (χ1v) is 6.22. The van der Waals surface area contributed by atoms with Crippen molar-refractivity contribution in [3.05, 3.63) is 29.3 Å². The molecule has 6 heteroatoms. The topological polar surface area (TPSA) is 58.4 Å². The molecule has 0 spiro atoms. The third kappa shape index (κ3) is 2.84. The highest BCUT2D eigenvalue weighted by Crippen LogP contribution is 2.19.